The summed E-state index contributed by atoms with van der Waals surface area (Å²) in [6, 6.07) is 8.25. The minimum Gasteiger partial charge on any atom is -0.364 e. The Hall–Kier alpha value is -3.29. The van der Waals surface area contributed by atoms with Crippen LogP contribution < -0.4 is 11.1 Å². The van der Waals surface area contributed by atoms with Gasteiger partial charge in [-0.15, -0.1) is 0 Å². The van der Waals surface area contributed by atoms with Crippen LogP contribution in [0.25, 0.3) is 0 Å². The minimum atomic E-state index is -0.694. The number of pyridine rings is 1. The number of carbonyl (C=O) groups is 2. The van der Waals surface area contributed by atoms with Crippen molar-refractivity contribution in [3.63, 3.8) is 0 Å². The van der Waals surface area contributed by atoms with Crippen molar-refractivity contribution in [1.82, 2.24) is 4.98 Å². The van der Waals surface area contributed by atoms with Crippen molar-refractivity contribution in [2.75, 3.05) is 5.32 Å². The zero-order chi connectivity index (χ0) is 15.4. The third kappa shape index (κ3) is 3.38. The van der Waals surface area contributed by atoms with Crippen LogP contribution in [0.5, 0.6) is 0 Å². The molecule has 1 aromatic carbocycles. The van der Waals surface area contributed by atoms with Gasteiger partial charge in [-0.25, -0.2) is 0 Å². The number of nitrogens with one attached hydrogen (secondary N) is 1. The fraction of sp³-hybridized carbons (Fsp3) is 0. The van der Waals surface area contributed by atoms with Crippen LogP contribution in [0.4, 0.5) is 11.4 Å². The monoisotopic (exact) mass is 286 g/mol. The summed E-state index contributed by atoms with van der Waals surface area (Å²) in [5.41, 5.74) is 5.44. The largest absolute Gasteiger partial charge is 0.364 e. The summed E-state index contributed by atoms with van der Waals surface area (Å²) in [6.07, 6.45) is 1.20. The van der Waals surface area contributed by atoms with Crippen molar-refractivity contribution >= 4 is 23.2 Å². The maximum Gasteiger partial charge on any atom is 0.271 e. The summed E-state index contributed by atoms with van der Waals surface area (Å²) in [7, 11) is 0. The Morgan fingerprint density at radius 3 is 2.57 bits per heavy atom. The molecule has 8 heteroatoms. The molecule has 0 fully saturated rings. The van der Waals surface area contributed by atoms with E-state index in [0.717, 1.165) is 0 Å². The standard InChI is InChI=1S/C13H10N4O4/c14-12(18)11-5-4-8(7-15-11)13(19)16-9-2-1-3-10(6-9)17(20)21/h1-7H,(H2,14,18)(H,16,19). The first-order chi connectivity index (χ1) is 9.97. The molecular formula is C13H10N4O4. The van der Waals surface area contributed by atoms with Crippen molar-refractivity contribution in [2.45, 2.75) is 0 Å². The van der Waals surface area contributed by atoms with Gasteiger partial charge in [0.15, 0.2) is 0 Å². The number of nitrogens with zero attached hydrogens (tertiary/aromatic N) is 2. The summed E-state index contributed by atoms with van der Waals surface area (Å²) in [5.74, 6) is -1.19. The normalized spacial score (nSPS) is 9.90. The number of nitro groups is 1. The number of benzene rings is 1. The van der Waals surface area contributed by atoms with Crippen molar-refractivity contribution in [1.29, 1.82) is 0 Å². The molecule has 0 bridgehead atoms. The van der Waals surface area contributed by atoms with E-state index in [-0.39, 0.29) is 22.6 Å². The second-order valence-electron chi connectivity index (χ2n) is 4.06. The van der Waals surface area contributed by atoms with Crippen molar-refractivity contribution < 1.29 is 14.5 Å². The summed E-state index contributed by atoms with van der Waals surface area (Å²) in [6.45, 7) is 0. The fourth-order valence-electron chi connectivity index (χ4n) is 1.57. The lowest BCUT2D eigenvalue weighted by atomic mass is 10.2. The first-order valence-electron chi connectivity index (χ1n) is 5.79. The zero-order valence-electron chi connectivity index (χ0n) is 10.6. The number of aromatic nitrogens is 1. The van der Waals surface area contributed by atoms with Gasteiger partial charge in [0.05, 0.1) is 10.5 Å². The highest BCUT2D eigenvalue weighted by Crippen LogP contribution is 2.17. The van der Waals surface area contributed by atoms with E-state index in [9.17, 15) is 19.7 Å². The van der Waals surface area contributed by atoms with Crippen LogP contribution in [0.3, 0.4) is 0 Å². The molecule has 21 heavy (non-hydrogen) atoms. The molecule has 3 N–H and O–H groups in total. The van der Waals surface area contributed by atoms with Gasteiger partial charge >= 0.3 is 0 Å². The molecule has 0 atom stereocenters. The van der Waals surface area contributed by atoms with Crippen LogP contribution in [0, 0.1) is 10.1 Å². The molecule has 0 aliphatic carbocycles. The molecule has 1 heterocycles. The minimum absolute atomic E-state index is 0.0434. The van der Waals surface area contributed by atoms with Crippen molar-refractivity contribution in [2.24, 2.45) is 5.73 Å². The highest BCUT2D eigenvalue weighted by Gasteiger charge is 2.11. The number of non-ortho nitro benzene ring substituents is 1. The number of amides is 2. The summed E-state index contributed by atoms with van der Waals surface area (Å²) in [4.78, 5) is 36.6. The van der Waals surface area contributed by atoms with E-state index >= 15 is 0 Å². The molecule has 1 aromatic heterocycles. The number of rotatable bonds is 4. The predicted molar refractivity (Wildman–Crippen MR) is 73.8 cm³/mol. The summed E-state index contributed by atoms with van der Waals surface area (Å²) >= 11 is 0. The Morgan fingerprint density at radius 1 is 1.24 bits per heavy atom. The Balaban J connectivity index is 2.16. The van der Waals surface area contributed by atoms with Gasteiger partial charge in [-0.2, -0.15) is 0 Å². The third-order valence-electron chi connectivity index (χ3n) is 2.59. The fourth-order valence-corrected chi connectivity index (χ4v) is 1.57. The molecule has 0 spiro atoms. The van der Waals surface area contributed by atoms with E-state index in [1.54, 1.807) is 0 Å². The number of hydrogen-bond acceptors (Lipinski definition) is 5. The number of primary amides is 1. The van der Waals surface area contributed by atoms with Crippen LogP contribution in [0.1, 0.15) is 20.8 Å². The Labute approximate surface area is 118 Å². The average Bonchev–Trinajstić information content (AvgIpc) is 2.47. The van der Waals surface area contributed by atoms with Gasteiger partial charge in [0, 0.05) is 24.0 Å². The van der Waals surface area contributed by atoms with Crippen LogP contribution >= 0.6 is 0 Å². The predicted octanol–water partition coefficient (Wildman–Crippen LogP) is 1.34. The first-order valence-corrected chi connectivity index (χ1v) is 5.79. The van der Waals surface area contributed by atoms with Crippen LogP contribution in [0.2, 0.25) is 0 Å². The maximum atomic E-state index is 11.9. The maximum absolute atomic E-state index is 11.9. The number of hydrogen-bond donors (Lipinski definition) is 2. The van der Waals surface area contributed by atoms with E-state index in [1.165, 1.54) is 42.6 Å². The van der Waals surface area contributed by atoms with Gasteiger partial charge in [-0.3, -0.25) is 24.7 Å². The Bertz CT molecular complexity index is 712. The average molecular weight is 286 g/mol. The smallest absolute Gasteiger partial charge is 0.271 e. The van der Waals surface area contributed by atoms with Gasteiger partial charge in [0.1, 0.15) is 5.69 Å². The number of nitrogens with two attached hydrogens (primary N) is 1. The highest BCUT2D eigenvalue weighted by atomic mass is 16.6. The number of carbonyl (C=O) groups excluding carboxylic acids is 2. The Kier molecular flexibility index (Phi) is 3.89. The van der Waals surface area contributed by atoms with Crippen molar-refractivity contribution in [3.8, 4) is 0 Å². The number of anilines is 1. The molecule has 0 aliphatic rings. The SMILES string of the molecule is NC(=O)c1ccc(C(=O)Nc2cccc([N+](=O)[O-])c2)cn1. The molecule has 8 nitrogen and oxygen atoms in total. The molecular weight excluding hydrogens is 276 g/mol. The quantitative estimate of drug-likeness (QED) is 0.647. The molecule has 0 saturated heterocycles. The molecule has 0 radical (unpaired) electrons. The van der Waals surface area contributed by atoms with Gasteiger partial charge < -0.3 is 11.1 Å². The van der Waals surface area contributed by atoms with Gasteiger partial charge in [-0.05, 0) is 18.2 Å². The van der Waals surface area contributed by atoms with E-state index < -0.39 is 16.7 Å². The van der Waals surface area contributed by atoms with Gasteiger partial charge in [0.25, 0.3) is 17.5 Å². The van der Waals surface area contributed by atoms with Crippen LogP contribution in [0.15, 0.2) is 42.6 Å². The molecule has 0 aliphatic heterocycles. The van der Waals surface area contributed by atoms with E-state index in [0.29, 0.717) is 0 Å². The van der Waals surface area contributed by atoms with Crippen LogP contribution in [-0.2, 0) is 0 Å². The molecule has 0 saturated carbocycles. The topological polar surface area (TPSA) is 128 Å². The van der Waals surface area contributed by atoms with Crippen molar-refractivity contribution in [3.05, 3.63) is 64.0 Å². The number of nitro benzene ring substituents is 1. The third-order valence-corrected chi connectivity index (χ3v) is 2.59. The second-order valence-corrected chi connectivity index (χ2v) is 4.06. The summed E-state index contributed by atoms with van der Waals surface area (Å²) < 4.78 is 0. The highest BCUT2D eigenvalue weighted by molar-refractivity contribution is 6.04. The molecule has 2 rings (SSSR count). The van der Waals surface area contributed by atoms with E-state index in [4.69, 9.17) is 5.73 Å². The van der Waals surface area contributed by atoms with E-state index in [2.05, 4.69) is 10.3 Å². The van der Waals surface area contributed by atoms with Gasteiger partial charge in [0.2, 0.25) is 0 Å². The lowest BCUT2D eigenvalue weighted by molar-refractivity contribution is -0.384. The molecule has 2 amide bonds. The molecule has 0 unspecified atom stereocenters. The van der Waals surface area contributed by atoms with Crippen LogP contribution in [-0.4, -0.2) is 21.7 Å². The summed E-state index contributed by atoms with van der Waals surface area (Å²) in [5, 5.41) is 13.2. The lowest BCUT2D eigenvalue weighted by Gasteiger charge is -2.05. The molecule has 2 aromatic rings. The lowest BCUT2D eigenvalue weighted by Crippen LogP contribution is -2.15. The zero-order valence-corrected chi connectivity index (χ0v) is 10.6. The van der Waals surface area contributed by atoms with Gasteiger partial charge in [-0.1, -0.05) is 6.07 Å². The van der Waals surface area contributed by atoms with E-state index in [1.807, 2.05) is 0 Å². The Morgan fingerprint density at radius 2 is 2.00 bits per heavy atom. The first kappa shape index (κ1) is 14.1. The second kappa shape index (κ2) is 5.78. The molecule has 106 valence electrons.